The number of aromatic nitrogens is 2. The molecule has 0 bridgehead atoms. The van der Waals surface area contributed by atoms with Gasteiger partial charge >= 0.3 is 6.01 Å². The number of rotatable bonds is 7. The third-order valence-corrected chi connectivity index (χ3v) is 8.44. The summed E-state index contributed by atoms with van der Waals surface area (Å²) in [5.41, 5.74) is 0.585. The van der Waals surface area contributed by atoms with Gasteiger partial charge in [-0.25, -0.2) is 8.42 Å². The first-order valence-electron chi connectivity index (χ1n) is 9.82. The second-order valence-corrected chi connectivity index (χ2v) is 10.2. The largest absolute Gasteiger partial charge is 0.497 e. The van der Waals surface area contributed by atoms with E-state index in [0.717, 1.165) is 0 Å². The van der Waals surface area contributed by atoms with Gasteiger partial charge in [0, 0.05) is 30.6 Å². The molecule has 1 saturated heterocycles. The second-order valence-electron chi connectivity index (χ2n) is 7.11. The standard InChI is InChI=1S/C20H22N4O6S2/c1-28-15-10-14(11-16(12-15)29-2)19-22-23-20(30-19)21-18(25)13-5-7-24(8-6-13)32(26,27)17-4-3-9-31-17/h3-4,9-13H,5-8H2,1-2H3,(H,21,23,25). The quantitative estimate of drug-likeness (QED) is 0.550. The third-order valence-electron chi connectivity index (χ3n) is 5.17. The van der Waals surface area contributed by atoms with E-state index in [0.29, 0.717) is 34.1 Å². The number of hydrogen-bond donors (Lipinski definition) is 1. The zero-order valence-electron chi connectivity index (χ0n) is 17.5. The predicted molar refractivity (Wildman–Crippen MR) is 117 cm³/mol. The molecule has 3 aromatic rings. The molecule has 1 amide bonds. The molecular formula is C20H22N4O6S2. The summed E-state index contributed by atoms with van der Waals surface area (Å²) in [7, 11) is -0.433. The van der Waals surface area contributed by atoms with Crippen LogP contribution < -0.4 is 14.8 Å². The maximum atomic E-state index is 12.7. The predicted octanol–water partition coefficient (Wildman–Crippen LogP) is 2.85. The van der Waals surface area contributed by atoms with E-state index < -0.39 is 10.0 Å². The van der Waals surface area contributed by atoms with Crippen LogP contribution >= 0.6 is 11.3 Å². The molecular weight excluding hydrogens is 456 g/mol. The first kappa shape index (κ1) is 22.2. The highest BCUT2D eigenvalue weighted by atomic mass is 32.2. The number of thiophene rings is 1. The molecule has 170 valence electrons. The first-order valence-corrected chi connectivity index (χ1v) is 12.1. The van der Waals surface area contributed by atoms with Crippen molar-refractivity contribution < 1.29 is 27.1 Å². The minimum atomic E-state index is -3.51. The molecule has 1 aromatic carbocycles. The van der Waals surface area contributed by atoms with Crippen molar-refractivity contribution in [3.63, 3.8) is 0 Å². The molecule has 12 heteroatoms. The van der Waals surface area contributed by atoms with Crippen LogP contribution in [0.1, 0.15) is 12.8 Å². The second kappa shape index (κ2) is 9.27. The lowest BCUT2D eigenvalue weighted by Gasteiger charge is -2.29. The number of nitrogens with zero attached hydrogens (tertiary/aromatic N) is 3. The Bertz CT molecular complexity index is 1160. The number of nitrogens with one attached hydrogen (secondary N) is 1. The van der Waals surface area contributed by atoms with E-state index in [-0.39, 0.29) is 36.8 Å². The maximum absolute atomic E-state index is 12.7. The highest BCUT2D eigenvalue weighted by Crippen LogP contribution is 2.30. The average molecular weight is 479 g/mol. The summed E-state index contributed by atoms with van der Waals surface area (Å²) in [6.45, 7) is 0.550. The molecule has 0 saturated carbocycles. The zero-order valence-corrected chi connectivity index (χ0v) is 19.1. The highest BCUT2D eigenvalue weighted by molar-refractivity contribution is 7.91. The van der Waals surface area contributed by atoms with Crippen molar-refractivity contribution >= 4 is 33.3 Å². The van der Waals surface area contributed by atoms with Crippen LogP contribution in [0.15, 0.2) is 44.3 Å². The summed E-state index contributed by atoms with van der Waals surface area (Å²) >= 11 is 1.19. The van der Waals surface area contributed by atoms with Crippen molar-refractivity contribution in [3.8, 4) is 23.0 Å². The van der Waals surface area contributed by atoms with Gasteiger partial charge in [-0.15, -0.1) is 16.4 Å². The van der Waals surface area contributed by atoms with Crippen LogP contribution in [0.3, 0.4) is 0 Å². The third kappa shape index (κ3) is 4.61. The van der Waals surface area contributed by atoms with E-state index in [1.165, 1.54) is 29.9 Å². The highest BCUT2D eigenvalue weighted by Gasteiger charge is 2.33. The molecule has 10 nitrogen and oxygen atoms in total. The van der Waals surface area contributed by atoms with Gasteiger partial charge in [0.2, 0.25) is 11.8 Å². The number of hydrogen-bond acceptors (Lipinski definition) is 9. The zero-order chi connectivity index (χ0) is 22.7. The van der Waals surface area contributed by atoms with Crippen molar-refractivity contribution in [1.82, 2.24) is 14.5 Å². The topological polar surface area (TPSA) is 124 Å². The number of carbonyl (C=O) groups excluding carboxylic acids is 1. The van der Waals surface area contributed by atoms with Crippen LogP contribution in [0.2, 0.25) is 0 Å². The van der Waals surface area contributed by atoms with Crippen molar-refractivity contribution in [2.75, 3.05) is 32.6 Å². The molecule has 0 aliphatic carbocycles. The van der Waals surface area contributed by atoms with Gasteiger partial charge < -0.3 is 13.9 Å². The minimum Gasteiger partial charge on any atom is -0.497 e. The lowest BCUT2D eigenvalue weighted by molar-refractivity contribution is -0.121. The summed E-state index contributed by atoms with van der Waals surface area (Å²) in [5.74, 6) is 0.697. The van der Waals surface area contributed by atoms with Crippen molar-refractivity contribution in [2.24, 2.45) is 5.92 Å². The van der Waals surface area contributed by atoms with Gasteiger partial charge in [-0.1, -0.05) is 11.2 Å². The number of piperidine rings is 1. The molecule has 0 spiro atoms. The molecule has 2 aromatic heterocycles. The monoisotopic (exact) mass is 478 g/mol. The van der Waals surface area contributed by atoms with Crippen LogP contribution in [-0.2, 0) is 14.8 Å². The van der Waals surface area contributed by atoms with E-state index in [2.05, 4.69) is 15.5 Å². The number of sulfonamides is 1. The number of amides is 1. The number of ether oxygens (including phenoxy) is 2. The molecule has 1 aliphatic heterocycles. The first-order chi connectivity index (χ1) is 15.4. The van der Waals surface area contributed by atoms with Crippen LogP contribution in [0.4, 0.5) is 6.01 Å². The van der Waals surface area contributed by atoms with Crippen LogP contribution in [0.25, 0.3) is 11.5 Å². The van der Waals surface area contributed by atoms with E-state index in [9.17, 15) is 13.2 Å². The molecule has 0 atom stereocenters. The fourth-order valence-corrected chi connectivity index (χ4v) is 6.04. The van der Waals surface area contributed by atoms with Gasteiger partial charge in [-0.3, -0.25) is 10.1 Å². The Balaban J connectivity index is 1.38. The SMILES string of the molecule is COc1cc(OC)cc(-c2nnc(NC(=O)C3CCN(S(=O)(=O)c4cccs4)CC3)o2)c1. The molecule has 0 radical (unpaired) electrons. The van der Waals surface area contributed by atoms with Crippen molar-refractivity contribution in [2.45, 2.75) is 17.1 Å². The van der Waals surface area contributed by atoms with Gasteiger partial charge in [0.1, 0.15) is 15.7 Å². The molecule has 1 aliphatic rings. The lowest BCUT2D eigenvalue weighted by Crippen LogP contribution is -2.41. The Morgan fingerprint density at radius 1 is 1.16 bits per heavy atom. The minimum absolute atomic E-state index is 0.0274. The number of benzene rings is 1. The molecule has 4 rings (SSSR count). The summed E-state index contributed by atoms with van der Waals surface area (Å²) < 4.78 is 43.1. The molecule has 3 heterocycles. The van der Waals surface area contributed by atoms with Gasteiger partial charge in [0.25, 0.3) is 10.0 Å². The van der Waals surface area contributed by atoms with Gasteiger partial charge in [0.05, 0.1) is 14.2 Å². The van der Waals surface area contributed by atoms with E-state index in [4.69, 9.17) is 13.9 Å². The van der Waals surface area contributed by atoms with Crippen LogP contribution in [0, 0.1) is 5.92 Å². The van der Waals surface area contributed by atoms with Crippen LogP contribution in [0.5, 0.6) is 11.5 Å². The van der Waals surface area contributed by atoms with E-state index >= 15 is 0 Å². The maximum Gasteiger partial charge on any atom is 0.322 e. The summed E-state index contributed by atoms with van der Waals surface area (Å²) in [5, 5.41) is 12.2. The van der Waals surface area contributed by atoms with E-state index in [1.54, 1.807) is 35.7 Å². The Morgan fingerprint density at radius 2 is 1.84 bits per heavy atom. The fourth-order valence-electron chi connectivity index (χ4n) is 3.42. The smallest absolute Gasteiger partial charge is 0.322 e. The summed E-state index contributed by atoms with van der Waals surface area (Å²) in [4.78, 5) is 12.7. The molecule has 1 N–H and O–H groups in total. The van der Waals surface area contributed by atoms with Crippen LogP contribution in [-0.4, -0.2) is 56.1 Å². The Kier molecular flexibility index (Phi) is 6.44. The normalized spacial score (nSPS) is 15.4. The van der Waals surface area contributed by atoms with Gasteiger partial charge in [0.15, 0.2) is 0 Å². The Hall–Kier alpha value is -2.96. The molecule has 1 fully saturated rings. The number of anilines is 1. The Labute approximate surface area is 189 Å². The Morgan fingerprint density at radius 3 is 2.44 bits per heavy atom. The molecule has 0 unspecified atom stereocenters. The van der Waals surface area contributed by atoms with Crippen molar-refractivity contribution in [1.29, 1.82) is 0 Å². The van der Waals surface area contributed by atoms with E-state index in [1.807, 2.05) is 0 Å². The van der Waals surface area contributed by atoms with Gasteiger partial charge in [-0.2, -0.15) is 4.31 Å². The van der Waals surface area contributed by atoms with Gasteiger partial charge in [-0.05, 0) is 36.4 Å². The number of methoxy groups -OCH3 is 2. The lowest BCUT2D eigenvalue weighted by atomic mass is 9.97. The summed E-state index contributed by atoms with van der Waals surface area (Å²) in [6.07, 6.45) is 0.815. The van der Waals surface area contributed by atoms with Crippen molar-refractivity contribution in [3.05, 3.63) is 35.7 Å². The molecule has 32 heavy (non-hydrogen) atoms. The summed E-state index contributed by atoms with van der Waals surface area (Å²) in [6, 6.07) is 8.41. The number of carbonyl (C=O) groups is 1. The average Bonchev–Trinajstić information content (AvgIpc) is 3.51. The fraction of sp³-hybridized carbons (Fsp3) is 0.350.